The number of nitrogens with one attached hydrogen (secondary N) is 1. The number of rotatable bonds is 7. The number of pyridine rings is 1. The van der Waals surface area contributed by atoms with Crippen molar-refractivity contribution in [1.29, 1.82) is 0 Å². The van der Waals surface area contributed by atoms with Gasteiger partial charge in [0.1, 0.15) is 11.8 Å². The molecule has 11 nitrogen and oxygen atoms in total. The number of nitrogens with zero attached hydrogens (tertiary/aromatic N) is 6. The number of aromatic amines is 1. The summed E-state index contributed by atoms with van der Waals surface area (Å²) in [4.78, 5) is 21.3. The highest BCUT2D eigenvalue weighted by atomic mass is 16.5. The lowest BCUT2D eigenvalue weighted by Gasteiger charge is -2.40. The van der Waals surface area contributed by atoms with Gasteiger partial charge in [-0.25, -0.2) is 4.68 Å². The molecule has 0 spiro atoms. The van der Waals surface area contributed by atoms with Crippen molar-refractivity contribution in [3.8, 4) is 17.2 Å². The van der Waals surface area contributed by atoms with Gasteiger partial charge < -0.3 is 24.1 Å². The fourth-order valence-corrected chi connectivity index (χ4v) is 5.14. The Balaban J connectivity index is 1.56. The smallest absolute Gasteiger partial charge is 0.253 e. The van der Waals surface area contributed by atoms with E-state index in [1.807, 2.05) is 55.8 Å². The number of tetrazole rings is 1. The summed E-state index contributed by atoms with van der Waals surface area (Å²) >= 11 is 0. The maximum atomic E-state index is 13.6. The molecule has 1 aliphatic heterocycles. The number of ether oxygens (including phenoxy) is 3. The van der Waals surface area contributed by atoms with Crippen molar-refractivity contribution in [2.75, 3.05) is 52.4 Å². The molecule has 1 fully saturated rings. The van der Waals surface area contributed by atoms with Crippen LogP contribution in [0.15, 0.2) is 47.3 Å². The summed E-state index contributed by atoms with van der Waals surface area (Å²) in [5, 5.41) is 13.6. The second-order valence-corrected chi connectivity index (χ2v) is 10.6. The molecule has 2 aromatic heterocycles. The minimum atomic E-state index is -0.451. The molecule has 1 saturated heterocycles. The molecule has 2 aromatic carbocycles. The Morgan fingerprint density at radius 2 is 1.64 bits per heavy atom. The number of aromatic nitrogens is 5. The third-order valence-electron chi connectivity index (χ3n) is 7.14. The third-order valence-corrected chi connectivity index (χ3v) is 7.14. The first kappa shape index (κ1) is 26.5. The number of piperazine rings is 1. The predicted octanol–water partition coefficient (Wildman–Crippen LogP) is 3.21. The zero-order valence-electron chi connectivity index (χ0n) is 23.3. The van der Waals surface area contributed by atoms with Crippen molar-refractivity contribution in [2.24, 2.45) is 0 Å². The van der Waals surface area contributed by atoms with Crippen LogP contribution in [0.4, 0.5) is 5.69 Å². The van der Waals surface area contributed by atoms with Crippen LogP contribution in [-0.2, 0) is 5.54 Å². The zero-order valence-corrected chi connectivity index (χ0v) is 23.3. The lowest BCUT2D eigenvalue weighted by Crippen LogP contribution is -2.49. The number of fused-ring (bicyclic) bond motifs is 1. The first-order chi connectivity index (χ1) is 18.7. The predicted molar refractivity (Wildman–Crippen MR) is 149 cm³/mol. The zero-order chi connectivity index (χ0) is 27.7. The maximum Gasteiger partial charge on any atom is 0.253 e. The van der Waals surface area contributed by atoms with Gasteiger partial charge in [0.15, 0.2) is 17.3 Å². The second kappa shape index (κ2) is 10.6. The Hall–Kier alpha value is -4.12. The van der Waals surface area contributed by atoms with Crippen LogP contribution in [0.3, 0.4) is 0 Å². The van der Waals surface area contributed by atoms with Crippen molar-refractivity contribution >= 4 is 16.6 Å². The molecule has 0 saturated carbocycles. The lowest BCUT2D eigenvalue weighted by molar-refractivity contribution is 0.190. The summed E-state index contributed by atoms with van der Waals surface area (Å²) in [5.41, 5.74) is 1.77. The molecule has 1 aliphatic rings. The third kappa shape index (κ3) is 5.14. The van der Waals surface area contributed by atoms with Gasteiger partial charge in [-0.2, -0.15) is 0 Å². The van der Waals surface area contributed by atoms with Gasteiger partial charge in [0.05, 0.1) is 32.4 Å². The minimum Gasteiger partial charge on any atom is -0.497 e. The molecular formula is C28H35N7O4. The van der Waals surface area contributed by atoms with Gasteiger partial charge in [-0.15, -0.1) is 5.10 Å². The van der Waals surface area contributed by atoms with Crippen LogP contribution >= 0.6 is 0 Å². The molecular weight excluding hydrogens is 498 g/mol. The molecule has 5 rings (SSSR count). The normalized spacial score (nSPS) is 15.4. The van der Waals surface area contributed by atoms with E-state index in [9.17, 15) is 4.79 Å². The summed E-state index contributed by atoms with van der Waals surface area (Å²) in [7, 11) is 4.84. The Bertz CT molecular complexity index is 1520. The lowest BCUT2D eigenvalue weighted by atomic mass is 10.0. The number of hydrogen-bond acceptors (Lipinski definition) is 9. The van der Waals surface area contributed by atoms with E-state index in [4.69, 9.17) is 14.2 Å². The number of methoxy groups -OCH3 is 3. The summed E-state index contributed by atoms with van der Waals surface area (Å²) in [6.45, 7) is 9.12. The molecule has 11 heteroatoms. The van der Waals surface area contributed by atoms with Crippen LogP contribution < -0.4 is 24.7 Å². The molecule has 1 atom stereocenters. The topological polar surface area (TPSA) is 111 Å². The van der Waals surface area contributed by atoms with E-state index in [1.54, 1.807) is 27.4 Å². The molecule has 0 bridgehead atoms. The first-order valence-electron chi connectivity index (χ1n) is 12.9. The van der Waals surface area contributed by atoms with Crippen LogP contribution in [0.1, 0.15) is 38.2 Å². The SMILES string of the molecule is COc1cccc(N2CCN(C(c3cc4cc(OC)c(OC)cc4[nH]c3=O)c3nnnn3C(C)(C)C)CC2)c1. The molecule has 0 aliphatic carbocycles. The number of anilines is 1. The first-order valence-corrected chi connectivity index (χ1v) is 12.9. The molecule has 4 aromatic rings. The summed E-state index contributed by atoms with van der Waals surface area (Å²) < 4.78 is 18.2. The molecule has 39 heavy (non-hydrogen) atoms. The van der Waals surface area contributed by atoms with E-state index in [0.717, 1.165) is 29.9 Å². The van der Waals surface area contributed by atoms with Crippen molar-refractivity contribution in [3.63, 3.8) is 0 Å². The fraction of sp³-hybridized carbons (Fsp3) is 0.429. The van der Waals surface area contributed by atoms with Crippen LogP contribution in [0.2, 0.25) is 0 Å². The van der Waals surface area contributed by atoms with Crippen molar-refractivity contribution in [3.05, 3.63) is 64.2 Å². The minimum absolute atomic E-state index is 0.196. The van der Waals surface area contributed by atoms with E-state index >= 15 is 0 Å². The van der Waals surface area contributed by atoms with Gasteiger partial charge in [-0.05, 0) is 55.5 Å². The van der Waals surface area contributed by atoms with E-state index in [-0.39, 0.29) is 11.1 Å². The van der Waals surface area contributed by atoms with Gasteiger partial charge >= 0.3 is 0 Å². The fourth-order valence-electron chi connectivity index (χ4n) is 5.14. The summed E-state index contributed by atoms with van der Waals surface area (Å²) in [6.07, 6.45) is 0. The van der Waals surface area contributed by atoms with Gasteiger partial charge in [0, 0.05) is 54.9 Å². The van der Waals surface area contributed by atoms with Crippen molar-refractivity contribution in [2.45, 2.75) is 32.4 Å². The molecule has 1 N–H and O–H groups in total. The highest BCUT2D eigenvalue weighted by molar-refractivity contribution is 5.83. The highest BCUT2D eigenvalue weighted by Gasteiger charge is 2.35. The Kier molecular flexibility index (Phi) is 7.17. The van der Waals surface area contributed by atoms with Crippen LogP contribution in [0.5, 0.6) is 17.2 Å². The molecule has 0 amide bonds. The monoisotopic (exact) mass is 533 g/mol. The van der Waals surface area contributed by atoms with Crippen LogP contribution in [0, 0.1) is 0 Å². The second-order valence-electron chi connectivity index (χ2n) is 10.6. The van der Waals surface area contributed by atoms with E-state index in [1.165, 1.54) is 0 Å². The maximum absolute atomic E-state index is 13.6. The number of H-pyrrole nitrogens is 1. The summed E-state index contributed by atoms with van der Waals surface area (Å²) in [6, 6.07) is 13.2. The number of benzene rings is 2. The molecule has 0 radical (unpaired) electrons. The van der Waals surface area contributed by atoms with Crippen LogP contribution in [0.25, 0.3) is 10.9 Å². The highest BCUT2D eigenvalue weighted by Crippen LogP contribution is 2.34. The Morgan fingerprint density at radius 3 is 2.31 bits per heavy atom. The molecule has 3 heterocycles. The van der Waals surface area contributed by atoms with Gasteiger partial charge in [0.2, 0.25) is 0 Å². The van der Waals surface area contributed by atoms with E-state index in [0.29, 0.717) is 41.5 Å². The average Bonchev–Trinajstić information content (AvgIpc) is 3.43. The van der Waals surface area contributed by atoms with Gasteiger partial charge in [-0.3, -0.25) is 9.69 Å². The largest absolute Gasteiger partial charge is 0.497 e. The van der Waals surface area contributed by atoms with Crippen molar-refractivity contribution in [1.82, 2.24) is 30.1 Å². The van der Waals surface area contributed by atoms with Gasteiger partial charge in [-0.1, -0.05) is 6.07 Å². The van der Waals surface area contributed by atoms with E-state index < -0.39 is 6.04 Å². The standard InChI is InChI=1S/C28H35N7O4/c1-28(2,3)35-26(30-31-32-35)25(34-12-10-33(11-13-34)19-8-7-9-20(16-19)37-4)21-14-18-15-23(38-5)24(39-6)17-22(18)29-27(21)36/h7-9,14-17,25H,10-13H2,1-6H3,(H,29,36). The number of hydrogen-bond donors (Lipinski definition) is 1. The Morgan fingerprint density at radius 1 is 0.923 bits per heavy atom. The molecule has 206 valence electrons. The quantitative estimate of drug-likeness (QED) is 0.383. The Labute approximate surface area is 227 Å². The van der Waals surface area contributed by atoms with Crippen molar-refractivity contribution < 1.29 is 14.2 Å². The average molecular weight is 534 g/mol. The summed E-state index contributed by atoms with van der Waals surface area (Å²) in [5.74, 6) is 2.59. The van der Waals surface area contributed by atoms with Crippen LogP contribution in [-0.4, -0.2) is 77.6 Å². The van der Waals surface area contributed by atoms with E-state index in [2.05, 4.69) is 36.4 Å². The van der Waals surface area contributed by atoms with Gasteiger partial charge in [0.25, 0.3) is 5.56 Å². The molecule has 1 unspecified atom stereocenters.